The summed E-state index contributed by atoms with van der Waals surface area (Å²) in [5.41, 5.74) is -0.262. The maximum absolute atomic E-state index is 13.5. The highest BCUT2D eigenvalue weighted by Crippen LogP contribution is 2.37. The molecule has 1 aliphatic heterocycles. The molecule has 0 bridgehead atoms. The first-order chi connectivity index (χ1) is 12.8. The zero-order valence-electron chi connectivity index (χ0n) is 14.1. The standard InChI is InChI=1S/C20H16F3NO3/c21-20(22,23)16-10-13(6-8-15(16)14-4-2-1-3-5-14)7-9-19(26)24-17-11-27-12-18(17)25/h1-6,8,10,17-18,25H,11-12H2,(H,24,26)/t17-,18-/m1/s1. The van der Waals surface area contributed by atoms with Crippen LogP contribution in [0.25, 0.3) is 11.1 Å². The van der Waals surface area contributed by atoms with Crippen LogP contribution in [0.5, 0.6) is 0 Å². The van der Waals surface area contributed by atoms with Gasteiger partial charge in [-0.15, -0.1) is 0 Å². The van der Waals surface area contributed by atoms with Crippen LogP contribution in [0.2, 0.25) is 0 Å². The highest BCUT2D eigenvalue weighted by Gasteiger charge is 2.34. The van der Waals surface area contributed by atoms with E-state index in [4.69, 9.17) is 4.74 Å². The van der Waals surface area contributed by atoms with Gasteiger partial charge < -0.3 is 15.2 Å². The molecule has 2 atom stereocenters. The van der Waals surface area contributed by atoms with Gasteiger partial charge in [0.05, 0.1) is 30.9 Å². The van der Waals surface area contributed by atoms with E-state index in [2.05, 4.69) is 17.2 Å². The quantitative estimate of drug-likeness (QED) is 0.794. The maximum Gasteiger partial charge on any atom is 0.417 e. The van der Waals surface area contributed by atoms with Gasteiger partial charge in [0.25, 0.3) is 5.91 Å². The Hall–Kier alpha value is -2.82. The molecule has 140 valence electrons. The van der Waals surface area contributed by atoms with Crippen molar-refractivity contribution in [2.45, 2.75) is 18.3 Å². The topological polar surface area (TPSA) is 58.6 Å². The summed E-state index contributed by atoms with van der Waals surface area (Å²) in [4.78, 5) is 11.8. The molecule has 2 aromatic rings. The van der Waals surface area contributed by atoms with Crippen molar-refractivity contribution in [3.05, 3.63) is 59.7 Å². The Morgan fingerprint density at radius 1 is 1.15 bits per heavy atom. The van der Waals surface area contributed by atoms with Gasteiger partial charge in [0.2, 0.25) is 0 Å². The number of rotatable bonds is 2. The van der Waals surface area contributed by atoms with Gasteiger partial charge >= 0.3 is 6.18 Å². The third-order valence-electron chi connectivity index (χ3n) is 4.10. The zero-order chi connectivity index (χ0) is 19.4. The third-order valence-corrected chi connectivity index (χ3v) is 4.10. The number of carbonyl (C=O) groups is 1. The minimum atomic E-state index is -4.56. The molecule has 1 fully saturated rings. The largest absolute Gasteiger partial charge is 0.417 e. The number of benzene rings is 2. The van der Waals surface area contributed by atoms with Crippen molar-refractivity contribution in [1.82, 2.24) is 5.32 Å². The minimum Gasteiger partial charge on any atom is -0.388 e. The molecule has 0 unspecified atom stereocenters. The summed E-state index contributed by atoms with van der Waals surface area (Å²) >= 11 is 0. The van der Waals surface area contributed by atoms with Gasteiger partial charge in [-0.05, 0) is 23.3 Å². The van der Waals surface area contributed by atoms with E-state index in [0.29, 0.717) is 5.56 Å². The highest BCUT2D eigenvalue weighted by atomic mass is 19.4. The van der Waals surface area contributed by atoms with Crippen molar-refractivity contribution in [1.29, 1.82) is 0 Å². The Morgan fingerprint density at radius 3 is 2.52 bits per heavy atom. The third kappa shape index (κ3) is 4.67. The normalized spacial score (nSPS) is 19.3. The van der Waals surface area contributed by atoms with Crippen molar-refractivity contribution < 1.29 is 27.8 Å². The molecule has 0 saturated carbocycles. The van der Waals surface area contributed by atoms with Gasteiger partial charge in [-0.25, -0.2) is 0 Å². The second-order valence-corrected chi connectivity index (χ2v) is 6.06. The van der Waals surface area contributed by atoms with Crippen molar-refractivity contribution in [2.24, 2.45) is 0 Å². The van der Waals surface area contributed by atoms with Crippen molar-refractivity contribution in [3.8, 4) is 23.0 Å². The van der Waals surface area contributed by atoms with Crippen LogP contribution in [-0.2, 0) is 15.7 Å². The summed E-state index contributed by atoms with van der Waals surface area (Å²) in [6.07, 6.45) is -5.38. The Bertz CT molecular complexity index is 885. The van der Waals surface area contributed by atoms with E-state index in [1.807, 2.05) is 0 Å². The molecule has 7 heteroatoms. The van der Waals surface area contributed by atoms with E-state index in [9.17, 15) is 23.1 Å². The fourth-order valence-corrected chi connectivity index (χ4v) is 2.74. The molecule has 0 aromatic heterocycles. The number of alkyl halides is 3. The highest BCUT2D eigenvalue weighted by molar-refractivity contribution is 5.94. The lowest BCUT2D eigenvalue weighted by Gasteiger charge is -2.13. The van der Waals surface area contributed by atoms with Gasteiger partial charge in [0, 0.05) is 11.5 Å². The number of hydrogen-bond acceptors (Lipinski definition) is 3. The van der Waals surface area contributed by atoms with Crippen LogP contribution in [0.1, 0.15) is 11.1 Å². The van der Waals surface area contributed by atoms with Gasteiger partial charge in [0.15, 0.2) is 0 Å². The molecule has 0 radical (unpaired) electrons. The summed E-state index contributed by atoms with van der Waals surface area (Å²) in [5.74, 6) is 4.00. The second-order valence-electron chi connectivity index (χ2n) is 6.06. The van der Waals surface area contributed by atoms with Gasteiger partial charge in [0.1, 0.15) is 0 Å². The smallest absolute Gasteiger partial charge is 0.388 e. The van der Waals surface area contributed by atoms with Crippen molar-refractivity contribution in [3.63, 3.8) is 0 Å². The van der Waals surface area contributed by atoms with Crippen LogP contribution in [-0.4, -0.2) is 36.4 Å². The maximum atomic E-state index is 13.5. The molecule has 1 aliphatic rings. The number of hydrogen-bond donors (Lipinski definition) is 2. The molecular weight excluding hydrogens is 359 g/mol. The van der Waals surface area contributed by atoms with E-state index in [-0.39, 0.29) is 24.3 Å². The van der Waals surface area contributed by atoms with Crippen LogP contribution in [0.15, 0.2) is 48.5 Å². The Balaban J connectivity index is 1.84. The van der Waals surface area contributed by atoms with Crippen LogP contribution in [0, 0.1) is 11.8 Å². The number of nitrogens with one attached hydrogen (secondary N) is 1. The first-order valence-electron chi connectivity index (χ1n) is 8.19. The summed E-state index contributed by atoms with van der Waals surface area (Å²) < 4.78 is 45.4. The lowest BCUT2D eigenvalue weighted by Crippen LogP contribution is -2.41. The second kappa shape index (κ2) is 7.82. The average molecular weight is 375 g/mol. The van der Waals surface area contributed by atoms with Crippen LogP contribution < -0.4 is 5.32 Å². The molecule has 0 aliphatic carbocycles. The SMILES string of the molecule is O=C(C#Cc1ccc(-c2ccccc2)c(C(F)(F)F)c1)N[C@@H]1COC[C@H]1O. The monoisotopic (exact) mass is 375 g/mol. The van der Waals surface area contributed by atoms with Gasteiger partial charge in [-0.1, -0.05) is 42.3 Å². The summed E-state index contributed by atoms with van der Waals surface area (Å²) in [6, 6.07) is 11.4. The number of aliphatic hydroxyl groups excluding tert-OH is 1. The molecule has 3 rings (SSSR count). The number of ether oxygens (including phenoxy) is 1. The Labute approximate surface area is 154 Å². The minimum absolute atomic E-state index is 0.0457. The number of halogens is 3. The van der Waals surface area contributed by atoms with E-state index in [1.54, 1.807) is 30.3 Å². The molecule has 4 nitrogen and oxygen atoms in total. The van der Waals surface area contributed by atoms with Gasteiger partial charge in [-0.2, -0.15) is 13.2 Å². The molecule has 1 amide bonds. The Kier molecular flexibility index (Phi) is 5.49. The molecule has 27 heavy (non-hydrogen) atoms. The van der Waals surface area contributed by atoms with E-state index in [0.717, 1.165) is 6.07 Å². The van der Waals surface area contributed by atoms with Crippen LogP contribution in [0.3, 0.4) is 0 Å². The van der Waals surface area contributed by atoms with Gasteiger partial charge in [-0.3, -0.25) is 4.79 Å². The van der Waals surface area contributed by atoms with E-state index < -0.39 is 29.8 Å². The fraction of sp³-hybridized carbons (Fsp3) is 0.250. The predicted molar refractivity (Wildman–Crippen MR) is 92.5 cm³/mol. The van der Waals surface area contributed by atoms with E-state index >= 15 is 0 Å². The number of amides is 1. The average Bonchev–Trinajstić information content (AvgIpc) is 3.04. The van der Waals surface area contributed by atoms with Crippen molar-refractivity contribution >= 4 is 5.91 Å². The lowest BCUT2D eigenvalue weighted by atomic mass is 9.97. The Morgan fingerprint density at radius 2 is 1.89 bits per heavy atom. The summed E-state index contributed by atoms with van der Waals surface area (Å²) in [5, 5.41) is 12.0. The van der Waals surface area contributed by atoms with Crippen molar-refractivity contribution in [2.75, 3.05) is 13.2 Å². The zero-order valence-corrected chi connectivity index (χ0v) is 14.1. The van der Waals surface area contributed by atoms with Crippen LogP contribution >= 0.6 is 0 Å². The molecule has 2 N–H and O–H groups in total. The summed E-state index contributed by atoms with van der Waals surface area (Å²) in [7, 11) is 0. The first-order valence-corrected chi connectivity index (χ1v) is 8.19. The lowest BCUT2D eigenvalue weighted by molar-refractivity contribution is -0.137. The molecule has 1 saturated heterocycles. The number of aliphatic hydroxyl groups is 1. The summed E-state index contributed by atoms with van der Waals surface area (Å²) in [6.45, 7) is 0.285. The fourth-order valence-electron chi connectivity index (χ4n) is 2.74. The number of carbonyl (C=O) groups excluding carboxylic acids is 1. The van der Waals surface area contributed by atoms with Crippen LogP contribution in [0.4, 0.5) is 13.2 Å². The molecule has 1 heterocycles. The molecule has 2 aromatic carbocycles. The first kappa shape index (κ1) is 19.0. The van der Waals surface area contributed by atoms with E-state index in [1.165, 1.54) is 12.1 Å². The molecular formula is C20H16F3NO3. The molecule has 0 spiro atoms. The predicted octanol–water partition coefficient (Wildman–Crippen LogP) is 2.60.